The number of primary amides is 1. The standard InChI is InChI=1S/C9H14N2O4S/c10-9(15)6-1-2-11(3-6)7(12)4-16-5-8(13)14/h6H,1-5H2,(H2,10,15)(H,13,14). The summed E-state index contributed by atoms with van der Waals surface area (Å²) in [6.45, 7) is 0.891. The molecule has 1 unspecified atom stereocenters. The third kappa shape index (κ3) is 3.73. The van der Waals surface area contributed by atoms with Gasteiger partial charge in [0.15, 0.2) is 0 Å². The first kappa shape index (κ1) is 12.8. The van der Waals surface area contributed by atoms with Crippen molar-refractivity contribution in [3.05, 3.63) is 0 Å². The summed E-state index contributed by atoms with van der Waals surface area (Å²) in [4.78, 5) is 34.2. The van der Waals surface area contributed by atoms with Crippen LogP contribution in [-0.4, -0.2) is 52.4 Å². The molecule has 90 valence electrons. The van der Waals surface area contributed by atoms with Gasteiger partial charge in [-0.15, -0.1) is 11.8 Å². The van der Waals surface area contributed by atoms with E-state index in [1.165, 1.54) is 0 Å². The predicted molar refractivity (Wildman–Crippen MR) is 58.8 cm³/mol. The lowest BCUT2D eigenvalue weighted by Crippen LogP contribution is -2.33. The number of nitrogens with two attached hydrogens (primary N) is 1. The van der Waals surface area contributed by atoms with E-state index >= 15 is 0 Å². The molecule has 1 fully saturated rings. The highest BCUT2D eigenvalue weighted by atomic mass is 32.2. The molecule has 0 aromatic heterocycles. The number of likely N-dealkylation sites (tertiary alicyclic amines) is 1. The molecule has 0 bridgehead atoms. The summed E-state index contributed by atoms with van der Waals surface area (Å²) in [6.07, 6.45) is 0.602. The predicted octanol–water partition coefficient (Wildman–Crippen LogP) is -0.862. The Hall–Kier alpha value is -1.24. The number of thioether (sulfide) groups is 1. The Labute approximate surface area is 97.2 Å². The van der Waals surface area contributed by atoms with E-state index in [0.29, 0.717) is 19.5 Å². The third-order valence-corrected chi connectivity index (χ3v) is 3.30. The van der Waals surface area contributed by atoms with Gasteiger partial charge in [0.25, 0.3) is 0 Å². The summed E-state index contributed by atoms with van der Waals surface area (Å²) in [7, 11) is 0. The molecule has 1 rings (SSSR count). The largest absolute Gasteiger partial charge is 0.481 e. The molecule has 0 saturated carbocycles. The van der Waals surface area contributed by atoms with Crippen LogP contribution in [0.25, 0.3) is 0 Å². The Morgan fingerprint density at radius 1 is 1.38 bits per heavy atom. The van der Waals surface area contributed by atoms with Gasteiger partial charge < -0.3 is 15.7 Å². The van der Waals surface area contributed by atoms with Gasteiger partial charge in [0.2, 0.25) is 11.8 Å². The third-order valence-electron chi connectivity index (χ3n) is 2.39. The van der Waals surface area contributed by atoms with Gasteiger partial charge in [-0.2, -0.15) is 0 Å². The fourth-order valence-corrected chi connectivity index (χ4v) is 2.17. The molecule has 0 aliphatic carbocycles. The second-order valence-corrected chi connectivity index (χ2v) is 4.60. The fourth-order valence-electron chi connectivity index (χ4n) is 1.54. The zero-order valence-electron chi connectivity index (χ0n) is 8.72. The van der Waals surface area contributed by atoms with Crippen molar-refractivity contribution in [2.45, 2.75) is 6.42 Å². The van der Waals surface area contributed by atoms with Crippen LogP contribution in [-0.2, 0) is 14.4 Å². The molecule has 3 N–H and O–H groups in total. The van der Waals surface area contributed by atoms with Crippen molar-refractivity contribution >= 4 is 29.5 Å². The highest BCUT2D eigenvalue weighted by Gasteiger charge is 2.29. The van der Waals surface area contributed by atoms with Crippen LogP contribution in [0, 0.1) is 5.92 Å². The lowest BCUT2D eigenvalue weighted by atomic mass is 10.1. The number of hydrogen-bond acceptors (Lipinski definition) is 4. The fraction of sp³-hybridized carbons (Fsp3) is 0.667. The molecule has 0 aromatic rings. The Morgan fingerprint density at radius 3 is 2.56 bits per heavy atom. The van der Waals surface area contributed by atoms with Crippen LogP contribution >= 0.6 is 11.8 Å². The summed E-state index contributed by atoms with van der Waals surface area (Å²) in [5, 5.41) is 8.40. The van der Waals surface area contributed by atoms with Crippen molar-refractivity contribution < 1.29 is 19.5 Å². The van der Waals surface area contributed by atoms with E-state index in [4.69, 9.17) is 10.8 Å². The van der Waals surface area contributed by atoms with Crippen molar-refractivity contribution in [2.24, 2.45) is 11.7 Å². The first-order valence-electron chi connectivity index (χ1n) is 4.87. The molecule has 16 heavy (non-hydrogen) atoms. The second-order valence-electron chi connectivity index (χ2n) is 3.61. The Bertz CT molecular complexity index is 308. The molecular weight excluding hydrogens is 232 g/mol. The second kappa shape index (κ2) is 5.74. The summed E-state index contributed by atoms with van der Waals surface area (Å²) in [5.41, 5.74) is 5.14. The SMILES string of the molecule is NC(=O)C1CCN(C(=O)CSCC(=O)O)C1. The Kier molecular flexibility index (Phi) is 4.60. The van der Waals surface area contributed by atoms with Crippen molar-refractivity contribution in [1.29, 1.82) is 0 Å². The average Bonchev–Trinajstić information content (AvgIpc) is 2.65. The van der Waals surface area contributed by atoms with Crippen molar-refractivity contribution in [2.75, 3.05) is 24.6 Å². The molecule has 1 atom stereocenters. The van der Waals surface area contributed by atoms with E-state index < -0.39 is 5.97 Å². The van der Waals surface area contributed by atoms with Crippen LogP contribution in [0.1, 0.15) is 6.42 Å². The maximum absolute atomic E-state index is 11.6. The van der Waals surface area contributed by atoms with Crippen molar-refractivity contribution in [1.82, 2.24) is 4.90 Å². The van der Waals surface area contributed by atoms with Crippen LogP contribution in [0.2, 0.25) is 0 Å². The summed E-state index contributed by atoms with van der Waals surface area (Å²) in [6, 6.07) is 0. The van der Waals surface area contributed by atoms with E-state index in [1.54, 1.807) is 4.90 Å². The highest BCUT2D eigenvalue weighted by Crippen LogP contribution is 2.16. The summed E-state index contributed by atoms with van der Waals surface area (Å²) < 4.78 is 0. The molecule has 7 heteroatoms. The van der Waals surface area contributed by atoms with E-state index in [-0.39, 0.29) is 29.2 Å². The number of carbonyl (C=O) groups excluding carboxylic acids is 2. The smallest absolute Gasteiger partial charge is 0.313 e. The van der Waals surface area contributed by atoms with Crippen LogP contribution in [0.15, 0.2) is 0 Å². The topological polar surface area (TPSA) is 101 Å². The monoisotopic (exact) mass is 246 g/mol. The number of carboxylic acids is 1. The highest BCUT2D eigenvalue weighted by molar-refractivity contribution is 8.00. The zero-order chi connectivity index (χ0) is 12.1. The number of hydrogen-bond donors (Lipinski definition) is 2. The number of amides is 2. The molecule has 0 radical (unpaired) electrons. The number of aliphatic carboxylic acids is 1. The van der Waals surface area contributed by atoms with E-state index in [2.05, 4.69) is 0 Å². The zero-order valence-corrected chi connectivity index (χ0v) is 9.53. The maximum Gasteiger partial charge on any atom is 0.313 e. The first-order valence-corrected chi connectivity index (χ1v) is 6.03. The lowest BCUT2D eigenvalue weighted by Gasteiger charge is -2.15. The van der Waals surface area contributed by atoms with Gasteiger partial charge in [0.05, 0.1) is 17.4 Å². The minimum Gasteiger partial charge on any atom is -0.481 e. The molecule has 0 aromatic carbocycles. The van der Waals surface area contributed by atoms with Crippen LogP contribution < -0.4 is 5.73 Å². The number of carboxylic acid groups (broad SMARTS) is 1. The molecule has 1 heterocycles. The lowest BCUT2D eigenvalue weighted by molar-refractivity contribution is -0.134. The summed E-state index contributed by atoms with van der Waals surface area (Å²) in [5.74, 6) is -1.65. The first-order chi connectivity index (χ1) is 7.50. The summed E-state index contributed by atoms with van der Waals surface area (Å²) >= 11 is 1.06. The number of rotatable bonds is 5. The minimum absolute atomic E-state index is 0.0845. The molecule has 1 aliphatic heterocycles. The van der Waals surface area contributed by atoms with Gasteiger partial charge >= 0.3 is 5.97 Å². The average molecular weight is 246 g/mol. The van der Waals surface area contributed by atoms with Crippen molar-refractivity contribution in [3.63, 3.8) is 0 Å². The molecular formula is C9H14N2O4S. The van der Waals surface area contributed by atoms with Gasteiger partial charge in [0.1, 0.15) is 0 Å². The van der Waals surface area contributed by atoms with Crippen molar-refractivity contribution in [3.8, 4) is 0 Å². The molecule has 6 nitrogen and oxygen atoms in total. The maximum atomic E-state index is 11.6. The molecule has 0 spiro atoms. The minimum atomic E-state index is -0.936. The van der Waals surface area contributed by atoms with E-state index in [0.717, 1.165) is 11.8 Å². The number of carbonyl (C=O) groups is 3. The van der Waals surface area contributed by atoms with Crippen LogP contribution in [0.5, 0.6) is 0 Å². The molecule has 2 amide bonds. The van der Waals surface area contributed by atoms with Crippen LogP contribution in [0.4, 0.5) is 0 Å². The normalized spacial score (nSPS) is 19.8. The Balaban J connectivity index is 2.28. The quantitative estimate of drug-likeness (QED) is 0.657. The van der Waals surface area contributed by atoms with Gasteiger partial charge in [-0.3, -0.25) is 14.4 Å². The van der Waals surface area contributed by atoms with E-state index in [1.807, 2.05) is 0 Å². The van der Waals surface area contributed by atoms with Gasteiger partial charge in [-0.05, 0) is 6.42 Å². The molecule has 1 saturated heterocycles. The van der Waals surface area contributed by atoms with Gasteiger partial charge in [-0.1, -0.05) is 0 Å². The number of nitrogens with zero attached hydrogens (tertiary/aromatic N) is 1. The van der Waals surface area contributed by atoms with Gasteiger partial charge in [0, 0.05) is 13.1 Å². The Morgan fingerprint density at radius 2 is 2.06 bits per heavy atom. The van der Waals surface area contributed by atoms with E-state index in [9.17, 15) is 14.4 Å². The molecule has 1 aliphatic rings. The van der Waals surface area contributed by atoms with Crippen LogP contribution in [0.3, 0.4) is 0 Å². The van der Waals surface area contributed by atoms with Gasteiger partial charge in [-0.25, -0.2) is 0 Å².